The van der Waals surface area contributed by atoms with Crippen LogP contribution in [0.3, 0.4) is 0 Å². The van der Waals surface area contributed by atoms with E-state index < -0.39 is 12.3 Å². The van der Waals surface area contributed by atoms with Crippen LogP contribution in [-0.2, 0) is 0 Å². The van der Waals surface area contributed by atoms with Gasteiger partial charge in [-0.15, -0.1) is 0 Å². The van der Waals surface area contributed by atoms with Gasteiger partial charge >= 0.3 is 6.16 Å². The molecule has 0 bridgehead atoms. The van der Waals surface area contributed by atoms with Crippen LogP contribution in [0.25, 0.3) is 0 Å². The molecule has 0 aromatic rings. The van der Waals surface area contributed by atoms with E-state index >= 15 is 0 Å². The Morgan fingerprint density at radius 1 is 1.16 bits per heavy atom. The lowest BCUT2D eigenvalue weighted by Gasteiger charge is -2.13. The van der Waals surface area contributed by atoms with Gasteiger partial charge in [0.05, 0.1) is 12.7 Å². The Morgan fingerprint density at radius 3 is 1.53 bits per heavy atom. The largest absolute Gasteiger partial charge is 0.503 e. The number of hydrogen-bond donors (Lipinski definition) is 6. The van der Waals surface area contributed by atoms with Crippen LogP contribution in [0, 0.1) is 0 Å². The minimum atomic E-state index is -1.83. The molecular formula is C11H27NO5S2. The minimum absolute atomic E-state index is 0.219. The molecular weight excluding hydrogens is 290 g/mol. The van der Waals surface area contributed by atoms with Crippen molar-refractivity contribution >= 4 is 31.4 Å². The van der Waals surface area contributed by atoms with Crippen LogP contribution in [0.5, 0.6) is 0 Å². The van der Waals surface area contributed by atoms with E-state index in [1.165, 1.54) is 19.6 Å². The molecule has 0 amide bonds. The molecule has 0 saturated carbocycles. The van der Waals surface area contributed by atoms with Crippen molar-refractivity contribution < 1.29 is 25.2 Å². The molecule has 0 aliphatic rings. The molecule has 0 rings (SSSR count). The summed E-state index contributed by atoms with van der Waals surface area (Å²) in [5, 5.41) is 30.8. The second kappa shape index (κ2) is 17.8. The third-order valence-electron chi connectivity index (χ3n) is 2.16. The summed E-state index contributed by atoms with van der Waals surface area (Å²) in [6.07, 6.45) is -2.57. The van der Waals surface area contributed by atoms with Gasteiger partial charge in [-0.05, 0) is 19.6 Å². The smallest absolute Gasteiger partial charge is 0.450 e. The molecule has 0 heterocycles. The Hall–Kier alpha value is -0.150. The Morgan fingerprint density at radius 2 is 1.47 bits per heavy atom. The van der Waals surface area contributed by atoms with Gasteiger partial charge in [-0.3, -0.25) is 0 Å². The van der Waals surface area contributed by atoms with E-state index in [2.05, 4.69) is 50.9 Å². The van der Waals surface area contributed by atoms with Gasteiger partial charge in [0, 0.05) is 11.0 Å². The van der Waals surface area contributed by atoms with Crippen molar-refractivity contribution in [3.63, 3.8) is 0 Å². The van der Waals surface area contributed by atoms with Gasteiger partial charge in [0.1, 0.15) is 0 Å². The van der Waals surface area contributed by atoms with E-state index in [1.807, 2.05) is 0 Å². The first-order chi connectivity index (χ1) is 8.80. The fourth-order valence-corrected chi connectivity index (χ4v) is 1.25. The molecule has 0 unspecified atom stereocenters. The maximum absolute atomic E-state index is 8.75. The molecule has 0 radical (unpaired) electrons. The van der Waals surface area contributed by atoms with Crippen LogP contribution in [0.1, 0.15) is 20.8 Å². The Bertz CT molecular complexity index is 176. The molecule has 4 N–H and O–H groups in total. The van der Waals surface area contributed by atoms with Crippen LogP contribution in [0.2, 0.25) is 0 Å². The van der Waals surface area contributed by atoms with Crippen molar-refractivity contribution in [3.8, 4) is 0 Å². The zero-order valence-electron chi connectivity index (χ0n) is 11.7. The quantitative estimate of drug-likeness (QED) is 0.411. The highest BCUT2D eigenvalue weighted by Gasteiger charge is 2.10. The summed E-state index contributed by atoms with van der Waals surface area (Å²) in [6, 6.07) is 0. The molecule has 0 aliphatic heterocycles. The molecule has 0 spiro atoms. The number of carboxylic acid groups (broad SMARTS) is 2. The highest BCUT2D eigenvalue weighted by atomic mass is 32.1. The van der Waals surface area contributed by atoms with Crippen molar-refractivity contribution in [3.05, 3.63) is 0 Å². The molecule has 2 atom stereocenters. The van der Waals surface area contributed by atoms with Crippen molar-refractivity contribution in [1.29, 1.82) is 0 Å². The average molecular weight is 317 g/mol. The third kappa shape index (κ3) is 23.4. The van der Waals surface area contributed by atoms with Gasteiger partial charge in [-0.1, -0.05) is 20.8 Å². The standard InChI is InChI=1S/C6H15N.C4H10O2S2.CH2O3/c1-4-7(5-2)6-3;5-1-3(6)4(8)2-7;2-1(3)4/h4-6H2,1-3H3;3-8H,1-2H2;(H2,2,3,4)/t;3-,4-;/m.1./s1. The van der Waals surface area contributed by atoms with Crippen molar-refractivity contribution in [2.75, 3.05) is 32.0 Å². The van der Waals surface area contributed by atoms with Gasteiger partial charge in [-0.2, -0.15) is 25.3 Å². The lowest BCUT2D eigenvalue weighted by molar-refractivity contribution is 0.0978. The summed E-state index contributed by atoms with van der Waals surface area (Å²) in [4.78, 5) is 10.9. The predicted molar refractivity (Wildman–Crippen MR) is 83.8 cm³/mol. The third-order valence-corrected chi connectivity index (χ3v) is 3.37. The lowest BCUT2D eigenvalue weighted by Crippen LogP contribution is -2.25. The van der Waals surface area contributed by atoms with Gasteiger partial charge in [0.25, 0.3) is 0 Å². The molecule has 0 aromatic carbocycles. The fourth-order valence-electron chi connectivity index (χ4n) is 0.914. The second-order valence-electron chi connectivity index (χ2n) is 3.40. The summed E-state index contributed by atoms with van der Waals surface area (Å²) in [7, 11) is 0. The highest BCUT2D eigenvalue weighted by molar-refractivity contribution is 7.84. The minimum Gasteiger partial charge on any atom is -0.450 e. The predicted octanol–water partition coefficient (Wildman–Crippen LogP) is 1.14. The monoisotopic (exact) mass is 317 g/mol. The topological polar surface area (TPSA) is 101 Å². The first-order valence-electron chi connectivity index (χ1n) is 6.02. The van der Waals surface area contributed by atoms with Gasteiger partial charge in [-0.25, -0.2) is 4.79 Å². The van der Waals surface area contributed by atoms with Crippen LogP contribution in [0.15, 0.2) is 0 Å². The number of hydrogen-bond acceptors (Lipinski definition) is 6. The van der Waals surface area contributed by atoms with Crippen molar-refractivity contribution in [1.82, 2.24) is 4.90 Å². The zero-order chi connectivity index (χ0) is 15.8. The number of aliphatic hydroxyl groups is 2. The molecule has 0 aliphatic carbocycles. The normalized spacial score (nSPS) is 12.6. The number of nitrogens with zero attached hydrogens (tertiary/aromatic N) is 1. The van der Waals surface area contributed by atoms with Crippen molar-refractivity contribution in [2.24, 2.45) is 0 Å². The molecule has 0 saturated heterocycles. The van der Waals surface area contributed by atoms with Gasteiger partial charge in [0.15, 0.2) is 0 Å². The molecule has 6 nitrogen and oxygen atoms in total. The summed E-state index contributed by atoms with van der Waals surface area (Å²) in [5.74, 6) is 0.477. The molecule has 19 heavy (non-hydrogen) atoms. The summed E-state index contributed by atoms with van der Waals surface area (Å²) in [6.45, 7) is 9.88. The van der Waals surface area contributed by atoms with E-state index in [0.717, 1.165) is 0 Å². The maximum atomic E-state index is 8.75. The SMILES string of the molecule is CCN(CC)CC.O=C(O)O.OC[C@@H](O)[C@H](S)CS. The van der Waals surface area contributed by atoms with E-state index in [-0.39, 0.29) is 11.9 Å². The van der Waals surface area contributed by atoms with Crippen LogP contribution < -0.4 is 0 Å². The number of rotatable bonds is 6. The van der Waals surface area contributed by atoms with Gasteiger partial charge in [0.2, 0.25) is 0 Å². The first kappa shape index (κ1) is 23.9. The van der Waals surface area contributed by atoms with E-state index in [0.29, 0.717) is 5.75 Å². The van der Waals surface area contributed by atoms with E-state index in [1.54, 1.807) is 0 Å². The summed E-state index contributed by atoms with van der Waals surface area (Å²) < 4.78 is 0. The summed E-state index contributed by atoms with van der Waals surface area (Å²) in [5.41, 5.74) is 0. The zero-order valence-corrected chi connectivity index (χ0v) is 13.5. The Labute approximate surface area is 126 Å². The number of carbonyl (C=O) groups is 1. The number of thiol groups is 2. The molecule has 0 aromatic heterocycles. The molecule has 0 fully saturated rings. The highest BCUT2D eigenvalue weighted by Crippen LogP contribution is 2.02. The lowest BCUT2D eigenvalue weighted by atomic mass is 10.3. The maximum Gasteiger partial charge on any atom is 0.503 e. The first-order valence-corrected chi connectivity index (χ1v) is 7.17. The summed E-state index contributed by atoms with van der Waals surface area (Å²) >= 11 is 7.78. The Kier molecular flexibility index (Phi) is 22.5. The van der Waals surface area contributed by atoms with Gasteiger partial charge < -0.3 is 25.3 Å². The molecule has 118 valence electrons. The van der Waals surface area contributed by atoms with Crippen molar-refractivity contribution in [2.45, 2.75) is 32.1 Å². The van der Waals surface area contributed by atoms with E-state index in [4.69, 9.17) is 25.2 Å². The number of aliphatic hydroxyl groups excluding tert-OH is 2. The van der Waals surface area contributed by atoms with Crippen LogP contribution in [0.4, 0.5) is 4.79 Å². The van der Waals surface area contributed by atoms with Crippen LogP contribution in [-0.4, -0.2) is 74.8 Å². The van der Waals surface area contributed by atoms with Crippen LogP contribution >= 0.6 is 25.3 Å². The second-order valence-corrected chi connectivity index (χ2v) is 4.43. The average Bonchev–Trinajstić information content (AvgIpc) is 2.39. The Balaban J connectivity index is -0.000000214. The van der Waals surface area contributed by atoms with E-state index in [9.17, 15) is 0 Å². The molecule has 8 heteroatoms. The fraction of sp³-hybridized carbons (Fsp3) is 0.909.